The van der Waals surface area contributed by atoms with Gasteiger partial charge in [-0.15, -0.1) is 0 Å². The summed E-state index contributed by atoms with van der Waals surface area (Å²) in [5.74, 6) is 1.95. The third kappa shape index (κ3) is 3.19. The zero-order valence-corrected chi connectivity index (χ0v) is 12.5. The van der Waals surface area contributed by atoms with Crippen molar-refractivity contribution in [3.63, 3.8) is 0 Å². The predicted octanol–water partition coefficient (Wildman–Crippen LogP) is 4.78. The lowest BCUT2D eigenvalue weighted by atomic mass is 9.79. The molecule has 0 saturated heterocycles. The number of rotatable bonds is 6. The van der Waals surface area contributed by atoms with Gasteiger partial charge in [-0.3, -0.25) is 4.98 Å². The number of pyridine rings is 1. The minimum atomic E-state index is 0.516. The van der Waals surface area contributed by atoms with E-state index < -0.39 is 0 Å². The summed E-state index contributed by atoms with van der Waals surface area (Å²) in [4.78, 5) is 4.27. The molecule has 0 spiro atoms. The molecule has 2 heteroatoms. The number of methoxy groups -OCH3 is 1. The molecule has 2 rings (SSSR count). The topological polar surface area (TPSA) is 22.1 Å². The SMILES string of the molecule is CC[C@H](c1cccnc1)[C@@H](CC)c1ccc(OC)cc1. The summed E-state index contributed by atoms with van der Waals surface area (Å²) in [6.07, 6.45) is 6.08. The molecular formula is C18H23NO. The Morgan fingerprint density at radius 2 is 1.60 bits per heavy atom. The Bertz CT molecular complexity index is 507. The summed E-state index contributed by atoms with van der Waals surface area (Å²) in [5.41, 5.74) is 2.71. The first-order valence-electron chi connectivity index (χ1n) is 7.34. The van der Waals surface area contributed by atoms with Crippen molar-refractivity contribution in [1.82, 2.24) is 4.98 Å². The van der Waals surface area contributed by atoms with Crippen LogP contribution >= 0.6 is 0 Å². The minimum absolute atomic E-state index is 0.516. The van der Waals surface area contributed by atoms with E-state index in [0.717, 1.165) is 18.6 Å². The maximum atomic E-state index is 5.24. The third-order valence-corrected chi connectivity index (χ3v) is 4.02. The van der Waals surface area contributed by atoms with Crippen molar-refractivity contribution in [3.05, 3.63) is 59.9 Å². The van der Waals surface area contributed by atoms with E-state index in [9.17, 15) is 0 Å². The molecule has 106 valence electrons. The fourth-order valence-electron chi connectivity index (χ4n) is 2.95. The van der Waals surface area contributed by atoms with E-state index in [1.807, 2.05) is 30.6 Å². The smallest absolute Gasteiger partial charge is 0.118 e. The van der Waals surface area contributed by atoms with Crippen LogP contribution in [0.4, 0.5) is 0 Å². The lowest BCUT2D eigenvalue weighted by molar-refractivity contribution is 0.414. The number of ether oxygens (including phenoxy) is 1. The highest BCUT2D eigenvalue weighted by atomic mass is 16.5. The summed E-state index contributed by atoms with van der Waals surface area (Å²) in [7, 11) is 1.71. The van der Waals surface area contributed by atoms with Gasteiger partial charge in [0.25, 0.3) is 0 Å². The van der Waals surface area contributed by atoms with E-state index in [1.54, 1.807) is 7.11 Å². The maximum Gasteiger partial charge on any atom is 0.118 e. The highest BCUT2D eigenvalue weighted by Crippen LogP contribution is 2.37. The Balaban J connectivity index is 2.29. The van der Waals surface area contributed by atoms with Crippen LogP contribution in [0.2, 0.25) is 0 Å². The summed E-state index contributed by atoms with van der Waals surface area (Å²) in [6.45, 7) is 4.51. The normalized spacial score (nSPS) is 13.8. The van der Waals surface area contributed by atoms with E-state index in [-0.39, 0.29) is 0 Å². The second kappa shape index (κ2) is 7.09. The average molecular weight is 269 g/mol. The molecule has 2 aromatic rings. The predicted molar refractivity (Wildman–Crippen MR) is 83.3 cm³/mol. The van der Waals surface area contributed by atoms with E-state index >= 15 is 0 Å². The molecule has 0 aliphatic carbocycles. The molecule has 1 aromatic heterocycles. The maximum absolute atomic E-state index is 5.24. The zero-order valence-electron chi connectivity index (χ0n) is 12.5. The Kier molecular flexibility index (Phi) is 5.16. The van der Waals surface area contributed by atoms with Crippen LogP contribution in [-0.4, -0.2) is 12.1 Å². The molecule has 2 nitrogen and oxygen atoms in total. The lowest BCUT2D eigenvalue weighted by Gasteiger charge is -2.26. The van der Waals surface area contributed by atoms with Crippen LogP contribution in [-0.2, 0) is 0 Å². The number of benzene rings is 1. The Labute approximate surface area is 121 Å². The van der Waals surface area contributed by atoms with Gasteiger partial charge in [-0.05, 0) is 54.0 Å². The molecule has 2 atom stereocenters. The lowest BCUT2D eigenvalue weighted by Crippen LogP contribution is -2.10. The van der Waals surface area contributed by atoms with Crippen molar-refractivity contribution in [2.24, 2.45) is 0 Å². The van der Waals surface area contributed by atoms with Crippen molar-refractivity contribution in [2.75, 3.05) is 7.11 Å². The van der Waals surface area contributed by atoms with Gasteiger partial charge in [-0.2, -0.15) is 0 Å². The fourth-order valence-corrected chi connectivity index (χ4v) is 2.95. The highest BCUT2D eigenvalue weighted by Gasteiger charge is 2.22. The van der Waals surface area contributed by atoms with Gasteiger partial charge in [0.2, 0.25) is 0 Å². The van der Waals surface area contributed by atoms with Gasteiger partial charge in [0.15, 0.2) is 0 Å². The second-order valence-corrected chi connectivity index (χ2v) is 5.09. The van der Waals surface area contributed by atoms with Gasteiger partial charge in [-0.1, -0.05) is 32.0 Å². The van der Waals surface area contributed by atoms with Crippen molar-refractivity contribution in [3.8, 4) is 5.75 Å². The van der Waals surface area contributed by atoms with Gasteiger partial charge < -0.3 is 4.74 Å². The Morgan fingerprint density at radius 1 is 0.950 bits per heavy atom. The van der Waals surface area contributed by atoms with E-state index in [2.05, 4.69) is 37.0 Å². The molecule has 0 aliphatic rings. The standard InChI is InChI=1S/C18H23NO/c1-4-17(14-8-10-16(20-3)11-9-14)18(5-2)15-7-6-12-19-13-15/h6-13,17-18H,4-5H2,1-3H3/t17-,18+/m0/s1. The molecule has 0 aliphatic heterocycles. The summed E-state index contributed by atoms with van der Waals surface area (Å²) in [5, 5.41) is 0. The molecule has 0 N–H and O–H groups in total. The molecule has 1 aromatic carbocycles. The van der Waals surface area contributed by atoms with Gasteiger partial charge in [0, 0.05) is 12.4 Å². The molecule has 20 heavy (non-hydrogen) atoms. The largest absolute Gasteiger partial charge is 0.497 e. The quantitative estimate of drug-likeness (QED) is 0.753. The summed E-state index contributed by atoms with van der Waals surface area (Å²) >= 11 is 0. The van der Waals surface area contributed by atoms with Crippen molar-refractivity contribution < 1.29 is 4.74 Å². The zero-order chi connectivity index (χ0) is 14.4. The Morgan fingerprint density at radius 3 is 2.10 bits per heavy atom. The molecule has 0 radical (unpaired) electrons. The first kappa shape index (κ1) is 14.6. The Hall–Kier alpha value is -1.83. The summed E-state index contributed by atoms with van der Waals surface area (Å²) < 4.78 is 5.24. The van der Waals surface area contributed by atoms with Crippen LogP contribution in [0.5, 0.6) is 5.75 Å². The fraction of sp³-hybridized carbons (Fsp3) is 0.389. The molecule has 0 saturated carbocycles. The summed E-state index contributed by atoms with van der Waals surface area (Å²) in [6, 6.07) is 12.7. The van der Waals surface area contributed by atoms with Gasteiger partial charge >= 0.3 is 0 Å². The van der Waals surface area contributed by atoms with Crippen molar-refractivity contribution in [2.45, 2.75) is 38.5 Å². The van der Waals surface area contributed by atoms with Crippen molar-refractivity contribution in [1.29, 1.82) is 0 Å². The average Bonchev–Trinajstić information content (AvgIpc) is 2.53. The monoisotopic (exact) mass is 269 g/mol. The van der Waals surface area contributed by atoms with E-state index in [4.69, 9.17) is 4.74 Å². The minimum Gasteiger partial charge on any atom is -0.497 e. The number of nitrogens with zero attached hydrogens (tertiary/aromatic N) is 1. The van der Waals surface area contributed by atoms with Crippen molar-refractivity contribution >= 4 is 0 Å². The van der Waals surface area contributed by atoms with Crippen LogP contribution in [0, 0.1) is 0 Å². The van der Waals surface area contributed by atoms with Crippen LogP contribution in [0.3, 0.4) is 0 Å². The molecule has 0 fully saturated rings. The molecule has 0 bridgehead atoms. The number of hydrogen-bond acceptors (Lipinski definition) is 2. The van der Waals surface area contributed by atoms with Crippen LogP contribution < -0.4 is 4.74 Å². The molecule has 0 amide bonds. The van der Waals surface area contributed by atoms with Gasteiger partial charge in [0.05, 0.1) is 7.11 Å². The van der Waals surface area contributed by atoms with Crippen LogP contribution in [0.15, 0.2) is 48.8 Å². The second-order valence-electron chi connectivity index (χ2n) is 5.09. The molecular weight excluding hydrogens is 246 g/mol. The van der Waals surface area contributed by atoms with E-state index in [1.165, 1.54) is 11.1 Å². The van der Waals surface area contributed by atoms with E-state index in [0.29, 0.717) is 11.8 Å². The third-order valence-electron chi connectivity index (χ3n) is 4.02. The van der Waals surface area contributed by atoms with Gasteiger partial charge in [-0.25, -0.2) is 0 Å². The van der Waals surface area contributed by atoms with Crippen LogP contribution in [0.25, 0.3) is 0 Å². The first-order valence-corrected chi connectivity index (χ1v) is 7.34. The van der Waals surface area contributed by atoms with Crippen LogP contribution in [0.1, 0.15) is 49.7 Å². The van der Waals surface area contributed by atoms with Gasteiger partial charge in [0.1, 0.15) is 5.75 Å². The highest BCUT2D eigenvalue weighted by molar-refractivity contribution is 5.32. The number of aromatic nitrogens is 1. The number of hydrogen-bond donors (Lipinski definition) is 0. The molecule has 0 unspecified atom stereocenters. The first-order chi connectivity index (χ1) is 9.80. The molecule has 1 heterocycles.